The number of nitrogens with one attached hydrogen (secondary N) is 1. The van der Waals surface area contributed by atoms with Crippen molar-refractivity contribution in [1.29, 1.82) is 5.41 Å². The third kappa shape index (κ3) is 3.11. The van der Waals surface area contributed by atoms with E-state index in [0.29, 0.717) is 17.1 Å². The van der Waals surface area contributed by atoms with Gasteiger partial charge in [0.25, 0.3) is 0 Å². The maximum absolute atomic E-state index is 9.90. The van der Waals surface area contributed by atoms with Crippen molar-refractivity contribution >= 4 is 0 Å². The quantitative estimate of drug-likeness (QED) is 0.547. The predicted molar refractivity (Wildman–Crippen MR) is 105 cm³/mol. The SMILES string of the molecule is CCCCn1cnc2c(c1=N)[C@H](c1ccc(OC)cc1)c1ccc(O)cc1O2. The number of phenolic OH excluding ortho intramolecular Hbond substituents is 1. The molecule has 2 aromatic carbocycles. The molecule has 6 nitrogen and oxygen atoms in total. The molecule has 1 atom stereocenters. The smallest absolute Gasteiger partial charge is 0.228 e. The van der Waals surface area contributed by atoms with Gasteiger partial charge in [0.2, 0.25) is 5.88 Å². The van der Waals surface area contributed by atoms with Crippen LogP contribution in [0.25, 0.3) is 0 Å². The molecule has 4 rings (SSSR count). The van der Waals surface area contributed by atoms with Crippen LogP contribution in [0.3, 0.4) is 0 Å². The summed E-state index contributed by atoms with van der Waals surface area (Å²) in [5.74, 6) is 1.68. The fourth-order valence-electron chi connectivity index (χ4n) is 3.60. The van der Waals surface area contributed by atoms with E-state index in [4.69, 9.17) is 14.9 Å². The van der Waals surface area contributed by atoms with Gasteiger partial charge in [0, 0.05) is 24.1 Å². The summed E-state index contributed by atoms with van der Waals surface area (Å²) in [5, 5.41) is 18.7. The molecule has 6 heteroatoms. The number of aryl methyl sites for hydroxylation is 1. The molecule has 1 aliphatic rings. The molecule has 0 radical (unpaired) electrons. The van der Waals surface area contributed by atoms with Crippen LogP contribution in [0.4, 0.5) is 0 Å². The zero-order valence-corrected chi connectivity index (χ0v) is 16.0. The van der Waals surface area contributed by atoms with Crippen molar-refractivity contribution in [2.45, 2.75) is 32.2 Å². The molecule has 0 saturated heterocycles. The minimum Gasteiger partial charge on any atom is -0.508 e. The zero-order valence-electron chi connectivity index (χ0n) is 16.0. The highest BCUT2D eigenvalue weighted by atomic mass is 16.5. The summed E-state index contributed by atoms with van der Waals surface area (Å²) >= 11 is 0. The lowest BCUT2D eigenvalue weighted by Crippen LogP contribution is -2.29. The Morgan fingerprint density at radius 3 is 2.71 bits per heavy atom. The molecule has 144 valence electrons. The molecule has 0 unspecified atom stereocenters. The fraction of sp³-hybridized carbons (Fsp3) is 0.273. The topological polar surface area (TPSA) is 80.4 Å². The third-order valence-electron chi connectivity index (χ3n) is 5.09. The normalized spacial score (nSPS) is 14.7. The Hall–Kier alpha value is -3.28. The highest BCUT2D eigenvalue weighted by molar-refractivity contribution is 5.57. The van der Waals surface area contributed by atoms with Crippen LogP contribution in [0.5, 0.6) is 23.1 Å². The molecule has 3 aromatic rings. The second-order valence-corrected chi connectivity index (χ2v) is 6.89. The van der Waals surface area contributed by atoms with Crippen molar-refractivity contribution in [3.63, 3.8) is 0 Å². The monoisotopic (exact) mass is 377 g/mol. The first-order valence-corrected chi connectivity index (χ1v) is 9.41. The van der Waals surface area contributed by atoms with Gasteiger partial charge in [-0.25, -0.2) is 4.98 Å². The number of fused-ring (bicyclic) bond motifs is 2. The van der Waals surface area contributed by atoms with Gasteiger partial charge in [0.15, 0.2) is 0 Å². The second kappa shape index (κ2) is 7.38. The number of ether oxygens (including phenoxy) is 2. The van der Waals surface area contributed by atoms with E-state index in [1.165, 1.54) is 0 Å². The van der Waals surface area contributed by atoms with Crippen LogP contribution in [0, 0.1) is 5.41 Å². The van der Waals surface area contributed by atoms with Crippen LogP contribution in [0.1, 0.15) is 42.4 Å². The first kappa shape index (κ1) is 18.1. The van der Waals surface area contributed by atoms with Crippen LogP contribution in [0.15, 0.2) is 48.8 Å². The van der Waals surface area contributed by atoms with Crippen molar-refractivity contribution in [2.24, 2.45) is 0 Å². The summed E-state index contributed by atoms with van der Waals surface area (Å²) in [7, 11) is 1.64. The van der Waals surface area contributed by atoms with E-state index >= 15 is 0 Å². The lowest BCUT2D eigenvalue weighted by atomic mass is 9.84. The van der Waals surface area contributed by atoms with E-state index in [1.807, 2.05) is 34.9 Å². The standard InChI is InChI=1S/C22H23N3O3/c1-3-4-11-25-13-24-22-20(21(25)23)19(14-5-8-16(27-2)9-6-14)17-10-7-15(26)12-18(17)28-22/h5-10,12-13,19,23,26H,3-4,11H2,1-2H3/t19-/m1/s1. The van der Waals surface area contributed by atoms with Gasteiger partial charge in [-0.2, -0.15) is 0 Å². The molecule has 0 aliphatic carbocycles. The molecule has 28 heavy (non-hydrogen) atoms. The van der Waals surface area contributed by atoms with Gasteiger partial charge in [0.1, 0.15) is 29.1 Å². The third-order valence-corrected chi connectivity index (χ3v) is 5.09. The van der Waals surface area contributed by atoms with E-state index in [2.05, 4.69) is 11.9 Å². The van der Waals surface area contributed by atoms with Gasteiger partial charge in [-0.15, -0.1) is 0 Å². The summed E-state index contributed by atoms with van der Waals surface area (Å²) in [6, 6.07) is 12.9. The molecule has 2 heterocycles. The molecule has 0 saturated carbocycles. The number of nitrogens with zero attached hydrogens (tertiary/aromatic N) is 2. The molecule has 0 amide bonds. The Kier molecular flexibility index (Phi) is 4.77. The fourth-order valence-corrected chi connectivity index (χ4v) is 3.60. The lowest BCUT2D eigenvalue weighted by molar-refractivity contribution is 0.411. The summed E-state index contributed by atoms with van der Waals surface area (Å²) < 4.78 is 13.1. The Labute approximate surface area is 163 Å². The number of aromatic nitrogens is 2. The number of aromatic hydroxyl groups is 1. The average molecular weight is 377 g/mol. The summed E-state index contributed by atoms with van der Waals surface area (Å²) in [4.78, 5) is 4.49. The van der Waals surface area contributed by atoms with Gasteiger partial charge in [0.05, 0.1) is 12.7 Å². The minimum atomic E-state index is -0.209. The van der Waals surface area contributed by atoms with Crippen LogP contribution >= 0.6 is 0 Å². The first-order chi connectivity index (χ1) is 13.6. The maximum Gasteiger partial charge on any atom is 0.228 e. The number of hydrogen-bond donors (Lipinski definition) is 2. The van der Waals surface area contributed by atoms with Gasteiger partial charge in [-0.05, 0) is 30.2 Å². The Bertz CT molecular complexity index is 1060. The van der Waals surface area contributed by atoms with E-state index in [1.54, 1.807) is 25.6 Å². The van der Waals surface area contributed by atoms with Crippen molar-refractivity contribution in [2.75, 3.05) is 7.11 Å². The van der Waals surface area contributed by atoms with E-state index < -0.39 is 0 Å². The number of unbranched alkanes of at least 4 members (excludes halogenated alkanes) is 1. The predicted octanol–water partition coefficient (Wildman–Crippen LogP) is 4.16. The van der Waals surface area contributed by atoms with Gasteiger partial charge < -0.3 is 19.1 Å². The second-order valence-electron chi connectivity index (χ2n) is 6.89. The number of hydrogen-bond acceptors (Lipinski definition) is 5. The largest absolute Gasteiger partial charge is 0.508 e. The van der Waals surface area contributed by atoms with Crippen LogP contribution < -0.4 is 15.0 Å². The van der Waals surface area contributed by atoms with Gasteiger partial charge in [-0.3, -0.25) is 5.41 Å². The van der Waals surface area contributed by atoms with Crippen molar-refractivity contribution < 1.29 is 14.6 Å². The Morgan fingerprint density at radius 1 is 1.21 bits per heavy atom. The molecule has 0 spiro atoms. The highest BCUT2D eigenvalue weighted by Gasteiger charge is 2.32. The molecular formula is C22H23N3O3. The van der Waals surface area contributed by atoms with Crippen molar-refractivity contribution in [3.05, 3.63) is 71.0 Å². The summed E-state index contributed by atoms with van der Waals surface area (Å²) in [5.41, 5.74) is 3.06. The Morgan fingerprint density at radius 2 is 2.00 bits per heavy atom. The molecular weight excluding hydrogens is 354 g/mol. The molecule has 1 aliphatic heterocycles. The molecule has 1 aromatic heterocycles. The number of benzene rings is 2. The number of rotatable bonds is 5. The summed E-state index contributed by atoms with van der Waals surface area (Å²) in [6.07, 6.45) is 3.69. The van der Waals surface area contributed by atoms with Gasteiger partial charge >= 0.3 is 0 Å². The number of methoxy groups -OCH3 is 1. The highest BCUT2D eigenvalue weighted by Crippen LogP contribution is 2.46. The van der Waals surface area contributed by atoms with Crippen LogP contribution in [0.2, 0.25) is 0 Å². The van der Waals surface area contributed by atoms with E-state index in [0.717, 1.165) is 41.8 Å². The van der Waals surface area contributed by atoms with E-state index in [-0.39, 0.29) is 11.7 Å². The molecule has 0 bridgehead atoms. The van der Waals surface area contributed by atoms with Crippen molar-refractivity contribution in [3.8, 4) is 23.1 Å². The maximum atomic E-state index is 9.90. The van der Waals surface area contributed by atoms with Crippen LogP contribution in [-0.2, 0) is 6.54 Å². The first-order valence-electron chi connectivity index (χ1n) is 9.41. The van der Waals surface area contributed by atoms with Gasteiger partial charge in [-0.1, -0.05) is 31.5 Å². The lowest BCUT2D eigenvalue weighted by Gasteiger charge is -2.28. The van der Waals surface area contributed by atoms with Crippen molar-refractivity contribution in [1.82, 2.24) is 9.55 Å². The number of phenols is 1. The zero-order chi connectivity index (χ0) is 19.7. The molecule has 2 N–H and O–H groups in total. The molecule has 0 fully saturated rings. The van der Waals surface area contributed by atoms with E-state index in [9.17, 15) is 5.11 Å². The average Bonchev–Trinajstić information content (AvgIpc) is 2.72. The minimum absolute atomic E-state index is 0.135. The van der Waals surface area contributed by atoms with Crippen LogP contribution in [-0.4, -0.2) is 21.8 Å². The Balaban J connectivity index is 1.91. The summed E-state index contributed by atoms with van der Waals surface area (Å²) in [6.45, 7) is 2.87.